The van der Waals surface area contributed by atoms with Crippen LogP contribution in [0.5, 0.6) is 0 Å². The molecule has 2 heterocycles. The normalized spacial score (nSPS) is 10.8. The molecule has 0 aromatic carbocycles. The van der Waals surface area contributed by atoms with Gasteiger partial charge in [-0.25, -0.2) is 0 Å². The Balaban J connectivity index is 2.63. The van der Waals surface area contributed by atoms with Gasteiger partial charge < -0.3 is 4.98 Å². The van der Waals surface area contributed by atoms with Gasteiger partial charge in [-0.1, -0.05) is 13.3 Å². The summed E-state index contributed by atoms with van der Waals surface area (Å²) in [6.45, 7) is 2.08. The first-order valence-corrected chi connectivity index (χ1v) is 4.37. The minimum absolute atomic E-state index is 0.0674. The highest BCUT2D eigenvalue weighted by Gasteiger charge is 2.00. The van der Waals surface area contributed by atoms with Gasteiger partial charge in [-0.15, -0.1) is 0 Å². The lowest BCUT2D eigenvalue weighted by molar-refractivity contribution is 0.839. The number of aromatic nitrogens is 3. The number of hydrogen-bond acceptors (Lipinski definition) is 2. The second kappa shape index (κ2) is 3.05. The van der Waals surface area contributed by atoms with Gasteiger partial charge in [-0.2, -0.15) is 9.61 Å². The summed E-state index contributed by atoms with van der Waals surface area (Å²) in [5.41, 5.74) is 1.67. The van der Waals surface area contributed by atoms with Crippen LogP contribution in [0.4, 0.5) is 0 Å². The number of rotatable bonds is 2. The summed E-state index contributed by atoms with van der Waals surface area (Å²) in [7, 11) is 0. The number of fused-ring (bicyclic) bond motifs is 1. The lowest BCUT2D eigenvalue weighted by Gasteiger charge is -1.99. The Morgan fingerprint density at radius 2 is 2.46 bits per heavy atom. The molecule has 2 rings (SSSR count). The monoisotopic (exact) mass is 177 g/mol. The molecule has 0 aliphatic rings. The largest absolute Gasteiger partial charge is 0.343 e. The quantitative estimate of drug-likeness (QED) is 0.743. The molecule has 0 saturated heterocycles. The Bertz CT molecular complexity index is 469. The van der Waals surface area contributed by atoms with Crippen LogP contribution in [0.3, 0.4) is 0 Å². The fraction of sp³-hybridized carbons (Fsp3) is 0.333. The Kier molecular flexibility index (Phi) is 1.88. The number of H-pyrrole nitrogens is 1. The van der Waals surface area contributed by atoms with Crippen molar-refractivity contribution in [3.8, 4) is 0 Å². The van der Waals surface area contributed by atoms with E-state index in [9.17, 15) is 4.79 Å². The van der Waals surface area contributed by atoms with Crippen LogP contribution < -0.4 is 5.56 Å². The van der Waals surface area contributed by atoms with E-state index in [1.54, 1.807) is 18.3 Å². The molecular weight excluding hydrogens is 166 g/mol. The molecule has 0 aliphatic heterocycles. The molecule has 0 unspecified atom stereocenters. The maximum absolute atomic E-state index is 11.4. The van der Waals surface area contributed by atoms with E-state index in [1.165, 1.54) is 4.52 Å². The standard InChI is InChI=1S/C9H11N3O/c1-2-3-7-6-9(13)12-8(11-7)4-5-10-12/h4-6,11H,2-3H2,1H3. The number of aromatic amines is 1. The van der Waals surface area contributed by atoms with Crippen molar-refractivity contribution in [2.24, 2.45) is 0 Å². The maximum Gasteiger partial charge on any atom is 0.274 e. The van der Waals surface area contributed by atoms with Crippen LogP contribution in [0.25, 0.3) is 5.65 Å². The van der Waals surface area contributed by atoms with Crippen LogP contribution in [0, 0.1) is 0 Å². The van der Waals surface area contributed by atoms with Gasteiger partial charge in [0, 0.05) is 17.8 Å². The third-order valence-electron chi connectivity index (χ3n) is 1.96. The van der Waals surface area contributed by atoms with E-state index in [-0.39, 0.29) is 5.56 Å². The van der Waals surface area contributed by atoms with E-state index in [0.29, 0.717) is 0 Å². The lowest BCUT2D eigenvalue weighted by atomic mass is 10.2. The first kappa shape index (κ1) is 8.04. The summed E-state index contributed by atoms with van der Waals surface area (Å²) in [5.74, 6) is 0. The third-order valence-corrected chi connectivity index (χ3v) is 1.96. The molecule has 0 bridgehead atoms. The molecule has 0 aliphatic carbocycles. The fourth-order valence-electron chi connectivity index (χ4n) is 1.39. The number of nitrogens with one attached hydrogen (secondary N) is 1. The van der Waals surface area contributed by atoms with Crippen molar-refractivity contribution in [3.05, 3.63) is 34.4 Å². The number of nitrogens with zero attached hydrogens (tertiary/aromatic N) is 2. The average Bonchev–Trinajstić information content (AvgIpc) is 2.53. The van der Waals surface area contributed by atoms with E-state index in [1.807, 2.05) is 0 Å². The minimum atomic E-state index is -0.0674. The van der Waals surface area contributed by atoms with Crippen molar-refractivity contribution < 1.29 is 0 Å². The predicted molar refractivity (Wildman–Crippen MR) is 49.8 cm³/mol. The van der Waals surface area contributed by atoms with E-state index in [4.69, 9.17) is 0 Å². The van der Waals surface area contributed by atoms with Crippen LogP contribution >= 0.6 is 0 Å². The molecule has 1 N–H and O–H groups in total. The van der Waals surface area contributed by atoms with Gasteiger partial charge in [-0.05, 0) is 6.42 Å². The predicted octanol–water partition coefficient (Wildman–Crippen LogP) is 0.975. The molecule has 0 spiro atoms. The van der Waals surface area contributed by atoms with Crippen LogP contribution in [0.1, 0.15) is 19.0 Å². The van der Waals surface area contributed by atoms with Crippen molar-refractivity contribution in [2.45, 2.75) is 19.8 Å². The van der Waals surface area contributed by atoms with Gasteiger partial charge in [0.05, 0.1) is 6.20 Å². The van der Waals surface area contributed by atoms with Gasteiger partial charge in [0.15, 0.2) is 0 Å². The van der Waals surface area contributed by atoms with Gasteiger partial charge in [0.25, 0.3) is 5.56 Å². The molecule has 0 saturated carbocycles. The third kappa shape index (κ3) is 1.35. The Morgan fingerprint density at radius 3 is 3.23 bits per heavy atom. The lowest BCUT2D eigenvalue weighted by Crippen LogP contribution is -2.15. The van der Waals surface area contributed by atoms with Crippen LogP contribution in [0.15, 0.2) is 23.1 Å². The molecule has 0 fully saturated rings. The average molecular weight is 177 g/mol. The van der Waals surface area contributed by atoms with E-state index < -0.39 is 0 Å². The zero-order valence-electron chi connectivity index (χ0n) is 7.45. The number of aryl methyl sites for hydroxylation is 1. The molecule has 4 nitrogen and oxygen atoms in total. The molecule has 2 aromatic rings. The first-order valence-electron chi connectivity index (χ1n) is 4.37. The van der Waals surface area contributed by atoms with E-state index in [0.717, 1.165) is 24.2 Å². The van der Waals surface area contributed by atoms with Gasteiger partial charge >= 0.3 is 0 Å². The molecule has 0 atom stereocenters. The Labute approximate surface area is 75.2 Å². The van der Waals surface area contributed by atoms with Crippen LogP contribution in [-0.4, -0.2) is 14.6 Å². The first-order chi connectivity index (χ1) is 6.31. The number of hydrogen-bond donors (Lipinski definition) is 1. The zero-order valence-corrected chi connectivity index (χ0v) is 7.45. The van der Waals surface area contributed by atoms with E-state index >= 15 is 0 Å². The van der Waals surface area contributed by atoms with Crippen molar-refractivity contribution in [2.75, 3.05) is 0 Å². The van der Waals surface area contributed by atoms with Crippen LogP contribution in [0.2, 0.25) is 0 Å². The summed E-state index contributed by atoms with van der Waals surface area (Å²) < 4.78 is 1.36. The second-order valence-corrected chi connectivity index (χ2v) is 3.01. The zero-order chi connectivity index (χ0) is 9.26. The topological polar surface area (TPSA) is 50.2 Å². The fourth-order valence-corrected chi connectivity index (χ4v) is 1.39. The van der Waals surface area contributed by atoms with Crippen LogP contribution in [-0.2, 0) is 6.42 Å². The van der Waals surface area contributed by atoms with Crippen molar-refractivity contribution in [1.29, 1.82) is 0 Å². The summed E-state index contributed by atoms with van der Waals surface area (Å²) in [5, 5.41) is 3.89. The molecule has 2 aromatic heterocycles. The highest BCUT2D eigenvalue weighted by molar-refractivity contribution is 5.36. The summed E-state index contributed by atoms with van der Waals surface area (Å²) >= 11 is 0. The SMILES string of the molecule is CCCc1cc(=O)n2nccc2[nH]1. The Morgan fingerprint density at radius 1 is 1.62 bits per heavy atom. The molecule has 4 heteroatoms. The van der Waals surface area contributed by atoms with Crippen molar-refractivity contribution >= 4 is 5.65 Å². The van der Waals surface area contributed by atoms with Crippen molar-refractivity contribution in [3.63, 3.8) is 0 Å². The summed E-state index contributed by atoms with van der Waals surface area (Å²) in [6.07, 6.45) is 3.54. The summed E-state index contributed by atoms with van der Waals surface area (Å²) in [4.78, 5) is 14.6. The smallest absolute Gasteiger partial charge is 0.274 e. The highest BCUT2D eigenvalue weighted by Crippen LogP contribution is 1.99. The highest BCUT2D eigenvalue weighted by atomic mass is 16.1. The van der Waals surface area contributed by atoms with Gasteiger partial charge in [0.2, 0.25) is 0 Å². The molecule has 0 radical (unpaired) electrons. The maximum atomic E-state index is 11.4. The molecule has 13 heavy (non-hydrogen) atoms. The second-order valence-electron chi connectivity index (χ2n) is 3.01. The summed E-state index contributed by atoms with van der Waals surface area (Å²) in [6, 6.07) is 3.39. The van der Waals surface area contributed by atoms with E-state index in [2.05, 4.69) is 17.0 Å². The van der Waals surface area contributed by atoms with Crippen molar-refractivity contribution in [1.82, 2.24) is 14.6 Å². The Hall–Kier alpha value is -1.58. The minimum Gasteiger partial charge on any atom is -0.343 e. The molecular formula is C9H11N3O. The molecule has 68 valence electrons. The van der Waals surface area contributed by atoms with Gasteiger partial charge in [-0.3, -0.25) is 4.79 Å². The van der Waals surface area contributed by atoms with Gasteiger partial charge in [0.1, 0.15) is 5.65 Å². The molecule has 0 amide bonds.